The molecular formula is C37H41N5O4. The monoisotopic (exact) mass is 619 g/mol. The molecule has 238 valence electrons. The van der Waals surface area contributed by atoms with Gasteiger partial charge in [0.2, 0.25) is 11.8 Å². The minimum absolute atomic E-state index is 0.240. The van der Waals surface area contributed by atoms with Crippen LogP contribution in [0.2, 0.25) is 0 Å². The van der Waals surface area contributed by atoms with Crippen LogP contribution in [0.4, 0.5) is 10.5 Å². The van der Waals surface area contributed by atoms with Crippen molar-refractivity contribution in [3.63, 3.8) is 0 Å². The fourth-order valence-corrected chi connectivity index (χ4v) is 5.57. The van der Waals surface area contributed by atoms with Gasteiger partial charge in [-0.25, -0.2) is 4.79 Å². The highest BCUT2D eigenvalue weighted by Crippen LogP contribution is 2.36. The van der Waals surface area contributed by atoms with Crippen molar-refractivity contribution in [3.8, 4) is 23.0 Å². The summed E-state index contributed by atoms with van der Waals surface area (Å²) in [4.78, 5) is 19.1. The topological polar surface area (TPSA) is 90.7 Å². The van der Waals surface area contributed by atoms with Crippen molar-refractivity contribution < 1.29 is 19.0 Å². The third-order valence-corrected chi connectivity index (χ3v) is 7.92. The highest BCUT2D eigenvalue weighted by atomic mass is 16.6. The smallest absolute Gasteiger partial charge is 0.410 e. The molecule has 0 unspecified atom stereocenters. The number of benzene rings is 3. The van der Waals surface area contributed by atoms with Crippen molar-refractivity contribution in [1.29, 1.82) is 0 Å². The van der Waals surface area contributed by atoms with Gasteiger partial charge in [-0.05, 0) is 68.5 Å². The zero-order chi connectivity index (χ0) is 32.1. The summed E-state index contributed by atoms with van der Waals surface area (Å²) in [6, 6.07) is 30.2. The Morgan fingerprint density at radius 1 is 0.913 bits per heavy atom. The first-order valence-electron chi connectivity index (χ1n) is 15.8. The van der Waals surface area contributed by atoms with Gasteiger partial charge in [0.25, 0.3) is 0 Å². The van der Waals surface area contributed by atoms with E-state index in [2.05, 4.69) is 23.5 Å². The molecule has 2 aromatic heterocycles. The van der Waals surface area contributed by atoms with E-state index in [0.717, 1.165) is 51.9 Å². The Balaban J connectivity index is 1.19. The van der Waals surface area contributed by atoms with Crippen LogP contribution in [0.3, 0.4) is 0 Å². The number of nitrogens with zero attached hydrogens (tertiary/aromatic N) is 4. The van der Waals surface area contributed by atoms with E-state index in [-0.39, 0.29) is 6.09 Å². The third kappa shape index (κ3) is 7.59. The fourth-order valence-electron chi connectivity index (χ4n) is 5.57. The van der Waals surface area contributed by atoms with E-state index in [4.69, 9.17) is 24.3 Å². The zero-order valence-corrected chi connectivity index (χ0v) is 26.9. The average Bonchev–Trinajstić information content (AvgIpc) is 3.66. The molecule has 0 bridgehead atoms. The molecule has 1 saturated heterocycles. The summed E-state index contributed by atoms with van der Waals surface area (Å²) < 4.78 is 19.8. The molecule has 0 aliphatic carbocycles. The van der Waals surface area contributed by atoms with E-state index in [1.165, 1.54) is 0 Å². The number of rotatable bonds is 10. The number of ether oxygens (including phenoxy) is 3. The number of carbonyl (C=O) groups is 1. The molecule has 46 heavy (non-hydrogen) atoms. The summed E-state index contributed by atoms with van der Waals surface area (Å²) in [5.74, 6) is 1.30. The van der Waals surface area contributed by atoms with Crippen LogP contribution < -0.4 is 14.8 Å². The lowest BCUT2D eigenvalue weighted by Gasteiger charge is -2.24. The fraction of sp³-hybridized carbons (Fsp3) is 0.324. The molecule has 1 atom stereocenters. The number of fused-ring (bicyclic) bond motifs is 1. The van der Waals surface area contributed by atoms with Crippen LogP contribution in [0.15, 0.2) is 91.0 Å². The number of likely N-dealkylation sites (tertiary alicyclic amines) is 1. The van der Waals surface area contributed by atoms with Crippen LogP contribution in [-0.4, -0.2) is 51.0 Å². The van der Waals surface area contributed by atoms with Gasteiger partial charge in [-0.1, -0.05) is 60.7 Å². The van der Waals surface area contributed by atoms with E-state index in [9.17, 15) is 4.79 Å². The Morgan fingerprint density at radius 3 is 2.30 bits per heavy atom. The maximum absolute atomic E-state index is 12.5. The quantitative estimate of drug-likeness (QED) is 0.174. The molecule has 3 heterocycles. The molecule has 9 heteroatoms. The van der Waals surface area contributed by atoms with Gasteiger partial charge in [-0.15, -0.1) is 0 Å². The number of pyridine rings is 1. The van der Waals surface area contributed by atoms with Crippen LogP contribution >= 0.6 is 0 Å². The summed E-state index contributed by atoms with van der Waals surface area (Å²) in [6.07, 6.45) is 0.699. The Morgan fingerprint density at radius 2 is 1.61 bits per heavy atom. The van der Waals surface area contributed by atoms with Gasteiger partial charge >= 0.3 is 6.09 Å². The summed E-state index contributed by atoms with van der Waals surface area (Å²) in [5, 5.41) is 9.47. The summed E-state index contributed by atoms with van der Waals surface area (Å²) in [5.41, 5.74) is 5.19. The maximum Gasteiger partial charge on any atom is 0.410 e. The number of carbonyl (C=O) groups excluding carboxylic acids is 1. The van der Waals surface area contributed by atoms with Gasteiger partial charge in [0.1, 0.15) is 24.5 Å². The predicted molar refractivity (Wildman–Crippen MR) is 180 cm³/mol. The van der Waals surface area contributed by atoms with Gasteiger partial charge in [0, 0.05) is 43.8 Å². The van der Waals surface area contributed by atoms with Gasteiger partial charge in [-0.2, -0.15) is 10.1 Å². The van der Waals surface area contributed by atoms with E-state index >= 15 is 0 Å². The Bertz CT molecular complexity index is 1780. The molecule has 0 spiro atoms. The molecular weight excluding hydrogens is 578 g/mol. The molecule has 1 aliphatic heterocycles. The molecule has 1 N–H and O–H groups in total. The van der Waals surface area contributed by atoms with Gasteiger partial charge in [-0.3, -0.25) is 4.68 Å². The van der Waals surface area contributed by atoms with E-state index < -0.39 is 5.60 Å². The van der Waals surface area contributed by atoms with Crippen molar-refractivity contribution in [1.82, 2.24) is 19.7 Å². The molecule has 1 amide bonds. The van der Waals surface area contributed by atoms with Crippen molar-refractivity contribution in [3.05, 3.63) is 102 Å². The Hall–Kier alpha value is -5.05. The first-order chi connectivity index (χ1) is 22.2. The van der Waals surface area contributed by atoms with Gasteiger partial charge in [0.15, 0.2) is 0 Å². The largest absolute Gasteiger partial charge is 0.473 e. The predicted octanol–water partition coefficient (Wildman–Crippen LogP) is 7.46. The van der Waals surface area contributed by atoms with Crippen LogP contribution in [0.5, 0.6) is 11.8 Å². The summed E-state index contributed by atoms with van der Waals surface area (Å²) in [7, 11) is 1.95. The standard InChI is InChI=1S/C37H41N5O4/c1-37(2,3)46-36(43)42-20-19-28(23-42)22-38-29-15-16-30-32(21-29)41(4)40-34(30)31-17-18-33(44-24-26-11-7-5-8-12-26)39-35(31)45-25-27-13-9-6-10-14-27/h5-18,21,28,38H,19-20,22-25H2,1-4H3/t28-/m1/s1. The lowest BCUT2D eigenvalue weighted by atomic mass is 10.1. The van der Waals surface area contributed by atoms with Crippen molar-refractivity contribution >= 4 is 22.7 Å². The summed E-state index contributed by atoms with van der Waals surface area (Å²) >= 11 is 0. The number of nitrogens with one attached hydrogen (secondary N) is 1. The Labute approximate surface area is 270 Å². The minimum Gasteiger partial charge on any atom is -0.473 e. The third-order valence-electron chi connectivity index (χ3n) is 7.92. The number of anilines is 1. The number of aromatic nitrogens is 3. The zero-order valence-electron chi connectivity index (χ0n) is 26.9. The lowest BCUT2D eigenvalue weighted by molar-refractivity contribution is 0.0289. The van der Waals surface area contributed by atoms with Crippen LogP contribution in [-0.2, 0) is 25.0 Å². The molecule has 9 nitrogen and oxygen atoms in total. The van der Waals surface area contributed by atoms with Gasteiger partial charge in [0.05, 0.1) is 11.1 Å². The average molecular weight is 620 g/mol. The molecule has 5 aromatic rings. The lowest BCUT2D eigenvalue weighted by Crippen LogP contribution is -2.35. The van der Waals surface area contributed by atoms with Crippen molar-refractivity contribution in [2.24, 2.45) is 13.0 Å². The number of hydrogen-bond acceptors (Lipinski definition) is 7. The van der Waals surface area contributed by atoms with Gasteiger partial charge < -0.3 is 24.4 Å². The van der Waals surface area contributed by atoms with Crippen LogP contribution in [0, 0.1) is 5.92 Å². The second-order valence-corrected chi connectivity index (χ2v) is 12.7. The van der Waals surface area contributed by atoms with E-state index in [1.54, 1.807) is 4.90 Å². The number of amides is 1. The highest BCUT2D eigenvalue weighted by molar-refractivity contribution is 5.96. The van der Waals surface area contributed by atoms with E-state index in [0.29, 0.717) is 44.0 Å². The first-order valence-corrected chi connectivity index (χ1v) is 15.8. The SMILES string of the molecule is Cn1nc(-c2ccc(OCc3ccccc3)nc2OCc2ccccc2)c2ccc(NC[C@H]3CCN(C(=O)OC(C)(C)C)C3)cc21. The molecule has 0 radical (unpaired) electrons. The van der Waals surface area contributed by atoms with Crippen LogP contribution in [0.1, 0.15) is 38.3 Å². The van der Waals surface area contributed by atoms with E-state index in [1.807, 2.05) is 105 Å². The first kappa shape index (κ1) is 31.0. The molecule has 1 fully saturated rings. The van der Waals surface area contributed by atoms with Crippen molar-refractivity contribution in [2.75, 3.05) is 25.0 Å². The summed E-state index contributed by atoms with van der Waals surface area (Å²) in [6.45, 7) is 8.63. The molecule has 3 aromatic carbocycles. The van der Waals surface area contributed by atoms with Crippen LogP contribution in [0.25, 0.3) is 22.2 Å². The van der Waals surface area contributed by atoms with Crippen molar-refractivity contribution in [2.45, 2.75) is 46.0 Å². The maximum atomic E-state index is 12.5. The Kier molecular flexibility index (Phi) is 9.10. The normalized spacial score (nSPS) is 14.8. The minimum atomic E-state index is -0.492. The molecule has 0 saturated carbocycles. The second-order valence-electron chi connectivity index (χ2n) is 12.7. The molecule has 1 aliphatic rings. The highest BCUT2D eigenvalue weighted by Gasteiger charge is 2.29. The number of hydrogen-bond donors (Lipinski definition) is 1. The number of aryl methyl sites for hydroxylation is 1. The second kappa shape index (κ2) is 13.5. The molecule has 6 rings (SSSR count).